The molecule has 0 spiro atoms. The highest BCUT2D eigenvalue weighted by Crippen LogP contribution is 2.23. The molecule has 1 N–H and O–H groups in total. The molecule has 148 valence electrons. The lowest BCUT2D eigenvalue weighted by molar-refractivity contribution is -0.119. The molecule has 0 radical (unpaired) electrons. The van der Waals surface area contributed by atoms with Crippen LogP contribution in [0.15, 0.2) is 10.6 Å². The number of nitrogens with one attached hydrogen (secondary N) is 1. The molecule has 2 aliphatic rings. The number of nitrogens with zero attached hydrogens (tertiary/aromatic N) is 5. The molecule has 3 amide bonds. The summed E-state index contributed by atoms with van der Waals surface area (Å²) < 4.78 is 6.81. The van der Waals surface area contributed by atoms with Gasteiger partial charge in [-0.05, 0) is 26.2 Å². The van der Waals surface area contributed by atoms with Gasteiger partial charge in [0.2, 0.25) is 6.41 Å². The molecule has 0 atom stereocenters. The molecule has 1 fully saturated rings. The topological polar surface area (TPSA) is 114 Å². The molecule has 2 aliphatic heterocycles. The van der Waals surface area contributed by atoms with Crippen LogP contribution >= 0.6 is 0 Å². The van der Waals surface area contributed by atoms with Gasteiger partial charge in [0.25, 0.3) is 11.8 Å². The monoisotopic (exact) mass is 386 g/mol. The SMILES string of the molecule is Cc1cc(NC(=O)c2nc(C(=O)N3CCN(C=O)CC3)c3n2CCCC3)no1. The van der Waals surface area contributed by atoms with Gasteiger partial charge in [-0.15, -0.1) is 0 Å². The van der Waals surface area contributed by atoms with Crippen LogP contribution in [0.4, 0.5) is 5.82 Å². The van der Waals surface area contributed by atoms with Crippen LogP contribution in [0.2, 0.25) is 0 Å². The Morgan fingerprint density at radius 2 is 1.96 bits per heavy atom. The van der Waals surface area contributed by atoms with Crippen molar-refractivity contribution < 1.29 is 18.9 Å². The van der Waals surface area contributed by atoms with E-state index in [0.29, 0.717) is 56.4 Å². The normalized spacial score (nSPS) is 16.6. The Labute approximate surface area is 161 Å². The van der Waals surface area contributed by atoms with E-state index in [2.05, 4.69) is 15.5 Å². The molecule has 2 aromatic heterocycles. The second kappa shape index (κ2) is 7.45. The number of rotatable bonds is 4. The van der Waals surface area contributed by atoms with Gasteiger partial charge in [-0.1, -0.05) is 5.16 Å². The zero-order valence-electron chi connectivity index (χ0n) is 15.7. The van der Waals surface area contributed by atoms with Crippen molar-refractivity contribution in [2.24, 2.45) is 0 Å². The molecule has 4 heterocycles. The summed E-state index contributed by atoms with van der Waals surface area (Å²) >= 11 is 0. The van der Waals surface area contributed by atoms with Crippen molar-refractivity contribution in [1.29, 1.82) is 0 Å². The Kier molecular flexibility index (Phi) is 4.84. The van der Waals surface area contributed by atoms with E-state index in [1.165, 1.54) is 0 Å². The number of carbonyl (C=O) groups excluding carboxylic acids is 3. The molecule has 2 aromatic rings. The van der Waals surface area contributed by atoms with Gasteiger partial charge in [0.1, 0.15) is 11.5 Å². The minimum atomic E-state index is -0.415. The summed E-state index contributed by atoms with van der Waals surface area (Å²) in [5, 5.41) is 6.45. The number of fused-ring (bicyclic) bond motifs is 1. The van der Waals surface area contributed by atoms with E-state index in [9.17, 15) is 14.4 Å². The lowest BCUT2D eigenvalue weighted by atomic mass is 10.1. The van der Waals surface area contributed by atoms with Gasteiger partial charge < -0.3 is 24.2 Å². The quantitative estimate of drug-likeness (QED) is 0.773. The van der Waals surface area contributed by atoms with E-state index in [1.54, 1.807) is 22.8 Å². The second-order valence-corrected chi connectivity index (χ2v) is 7.05. The summed E-state index contributed by atoms with van der Waals surface area (Å²) in [6.45, 7) is 4.32. The number of hydrogen-bond acceptors (Lipinski definition) is 6. The molecule has 28 heavy (non-hydrogen) atoms. The Hall–Kier alpha value is -3.17. The van der Waals surface area contributed by atoms with Gasteiger partial charge >= 0.3 is 0 Å². The summed E-state index contributed by atoms with van der Waals surface area (Å²) in [6.07, 6.45) is 3.39. The standard InChI is InChI=1S/C18H22N6O4/c1-12-10-14(21-28-12)19-17(26)16-20-15(13-4-2-3-5-24(13)16)18(27)23-8-6-22(11-25)7-9-23/h10-11H,2-9H2,1H3,(H,19,21,26). The van der Waals surface area contributed by atoms with Crippen LogP contribution in [0.25, 0.3) is 0 Å². The average Bonchev–Trinajstić information content (AvgIpc) is 3.31. The van der Waals surface area contributed by atoms with Crippen molar-refractivity contribution in [3.8, 4) is 0 Å². The summed E-state index contributed by atoms with van der Waals surface area (Å²) in [4.78, 5) is 44.4. The van der Waals surface area contributed by atoms with Gasteiger partial charge in [0.05, 0.1) is 5.69 Å². The van der Waals surface area contributed by atoms with Gasteiger partial charge in [-0.25, -0.2) is 4.98 Å². The third-order valence-electron chi connectivity index (χ3n) is 5.14. The van der Waals surface area contributed by atoms with Crippen LogP contribution < -0.4 is 5.32 Å². The minimum Gasteiger partial charge on any atom is -0.360 e. The van der Waals surface area contributed by atoms with E-state index in [1.807, 2.05) is 4.57 Å². The van der Waals surface area contributed by atoms with Crippen molar-refractivity contribution in [1.82, 2.24) is 24.5 Å². The fourth-order valence-electron chi connectivity index (χ4n) is 3.67. The van der Waals surface area contributed by atoms with Crippen molar-refractivity contribution in [3.63, 3.8) is 0 Å². The predicted octanol–water partition coefficient (Wildman–Crippen LogP) is 0.682. The second-order valence-electron chi connectivity index (χ2n) is 7.05. The first kappa shape index (κ1) is 18.2. The first-order valence-corrected chi connectivity index (χ1v) is 9.39. The molecular weight excluding hydrogens is 364 g/mol. The minimum absolute atomic E-state index is 0.187. The molecule has 0 saturated carbocycles. The Balaban J connectivity index is 1.59. The van der Waals surface area contributed by atoms with E-state index in [-0.39, 0.29) is 11.7 Å². The van der Waals surface area contributed by atoms with Crippen molar-refractivity contribution in [2.45, 2.75) is 32.7 Å². The highest BCUT2D eigenvalue weighted by molar-refractivity contribution is 6.03. The molecule has 0 unspecified atom stereocenters. The van der Waals surface area contributed by atoms with E-state index >= 15 is 0 Å². The highest BCUT2D eigenvalue weighted by atomic mass is 16.5. The molecule has 10 nitrogen and oxygen atoms in total. The van der Waals surface area contributed by atoms with Crippen LogP contribution in [0, 0.1) is 6.92 Å². The summed E-state index contributed by atoms with van der Waals surface area (Å²) in [7, 11) is 0. The van der Waals surface area contributed by atoms with Crippen LogP contribution in [0.5, 0.6) is 0 Å². The maximum Gasteiger partial charge on any atom is 0.292 e. The number of carbonyl (C=O) groups is 3. The lowest BCUT2D eigenvalue weighted by Crippen LogP contribution is -2.48. The van der Waals surface area contributed by atoms with E-state index in [4.69, 9.17) is 4.52 Å². The number of aromatic nitrogens is 3. The number of imidazole rings is 1. The predicted molar refractivity (Wildman–Crippen MR) is 97.9 cm³/mol. The number of piperazine rings is 1. The Morgan fingerprint density at radius 3 is 2.64 bits per heavy atom. The van der Waals surface area contributed by atoms with Crippen LogP contribution in [0.1, 0.15) is 45.4 Å². The first-order chi connectivity index (χ1) is 13.6. The largest absolute Gasteiger partial charge is 0.360 e. The lowest BCUT2D eigenvalue weighted by Gasteiger charge is -2.32. The molecule has 0 aliphatic carbocycles. The van der Waals surface area contributed by atoms with Crippen LogP contribution in [-0.4, -0.2) is 68.9 Å². The molecule has 4 rings (SSSR count). The van der Waals surface area contributed by atoms with E-state index in [0.717, 1.165) is 24.9 Å². The fraction of sp³-hybridized carbons (Fsp3) is 0.500. The smallest absolute Gasteiger partial charge is 0.292 e. The van der Waals surface area contributed by atoms with Crippen LogP contribution in [-0.2, 0) is 17.8 Å². The highest BCUT2D eigenvalue weighted by Gasteiger charge is 2.31. The molecular formula is C18H22N6O4. The zero-order valence-corrected chi connectivity index (χ0v) is 15.7. The molecule has 10 heteroatoms. The maximum atomic E-state index is 13.0. The van der Waals surface area contributed by atoms with Gasteiger partial charge in [0, 0.05) is 38.8 Å². The Morgan fingerprint density at radius 1 is 1.18 bits per heavy atom. The fourth-order valence-corrected chi connectivity index (χ4v) is 3.67. The number of aryl methyl sites for hydroxylation is 1. The number of amides is 3. The van der Waals surface area contributed by atoms with Gasteiger partial charge in [0.15, 0.2) is 11.6 Å². The van der Waals surface area contributed by atoms with E-state index < -0.39 is 5.91 Å². The molecule has 0 aromatic carbocycles. The summed E-state index contributed by atoms with van der Waals surface area (Å²) in [5.74, 6) is 0.512. The van der Waals surface area contributed by atoms with Gasteiger partial charge in [-0.3, -0.25) is 14.4 Å². The molecule has 1 saturated heterocycles. The maximum absolute atomic E-state index is 13.0. The zero-order chi connectivity index (χ0) is 19.7. The van der Waals surface area contributed by atoms with Gasteiger partial charge in [-0.2, -0.15) is 0 Å². The number of anilines is 1. The summed E-state index contributed by atoms with van der Waals surface area (Å²) in [6, 6.07) is 1.62. The molecule has 0 bridgehead atoms. The van der Waals surface area contributed by atoms with Crippen LogP contribution in [0.3, 0.4) is 0 Å². The first-order valence-electron chi connectivity index (χ1n) is 9.39. The summed E-state index contributed by atoms with van der Waals surface area (Å²) in [5.41, 5.74) is 1.14. The Bertz CT molecular complexity index is 909. The van der Waals surface area contributed by atoms with Crippen molar-refractivity contribution >= 4 is 24.0 Å². The third-order valence-corrected chi connectivity index (χ3v) is 5.14. The number of hydrogen-bond donors (Lipinski definition) is 1. The van der Waals surface area contributed by atoms with Crippen molar-refractivity contribution in [3.05, 3.63) is 29.0 Å². The van der Waals surface area contributed by atoms with Crippen molar-refractivity contribution in [2.75, 3.05) is 31.5 Å². The average molecular weight is 386 g/mol. The third kappa shape index (κ3) is 3.37.